The first-order chi connectivity index (χ1) is 10.2. The fourth-order valence-electron chi connectivity index (χ4n) is 2.82. The molecule has 1 aromatic carbocycles. The monoisotopic (exact) mass is 285 g/mol. The Labute approximate surface area is 124 Å². The summed E-state index contributed by atoms with van der Waals surface area (Å²) < 4.78 is 13.6. The predicted octanol–water partition coefficient (Wildman–Crippen LogP) is 3.33. The van der Waals surface area contributed by atoms with Gasteiger partial charge in [-0.2, -0.15) is 0 Å². The minimum atomic E-state index is -0.181. The number of pyridine rings is 1. The van der Waals surface area contributed by atoms with Crippen molar-refractivity contribution in [3.8, 4) is 0 Å². The second-order valence-corrected chi connectivity index (χ2v) is 5.41. The van der Waals surface area contributed by atoms with Gasteiger partial charge in [0.2, 0.25) is 0 Å². The largest absolute Gasteiger partial charge is 0.340 e. The van der Waals surface area contributed by atoms with Gasteiger partial charge in [-0.25, -0.2) is 4.39 Å². The zero-order chi connectivity index (χ0) is 14.8. The van der Waals surface area contributed by atoms with Crippen LogP contribution in [0.15, 0.2) is 30.5 Å². The highest BCUT2D eigenvalue weighted by Gasteiger charge is 2.23. The lowest BCUT2D eigenvalue weighted by molar-refractivity contribution is 0.628. The van der Waals surface area contributed by atoms with Crippen LogP contribution < -0.4 is 10.2 Å². The van der Waals surface area contributed by atoms with E-state index in [0.29, 0.717) is 0 Å². The lowest BCUT2D eigenvalue weighted by atomic mass is 10.1. The number of halogens is 1. The van der Waals surface area contributed by atoms with E-state index in [1.807, 2.05) is 19.2 Å². The molecule has 2 heterocycles. The van der Waals surface area contributed by atoms with Crippen molar-refractivity contribution in [1.82, 2.24) is 10.3 Å². The quantitative estimate of drug-likeness (QED) is 0.934. The number of hydrogen-bond acceptors (Lipinski definition) is 3. The lowest BCUT2D eigenvalue weighted by Crippen LogP contribution is -2.19. The van der Waals surface area contributed by atoms with Gasteiger partial charge in [0.1, 0.15) is 5.82 Å². The van der Waals surface area contributed by atoms with Gasteiger partial charge in [0.25, 0.3) is 0 Å². The van der Waals surface area contributed by atoms with E-state index in [2.05, 4.69) is 28.2 Å². The number of fused-ring (bicyclic) bond motifs is 1. The molecular weight excluding hydrogens is 265 g/mol. The second-order valence-electron chi connectivity index (χ2n) is 5.41. The van der Waals surface area contributed by atoms with Crippen LogP contribution in [0.4, 0.5) is 15.8 Å². The summed E-state index contributed by atoms with van der Waals surface area (Å²) in [6, 6.07) is 7.16. The van der Waals surface area contributed by atoms with E-state index in [-0.39, 0.29) is 5.82 Å². The second kappa shape index (κ2) is 5.82. The Morgan fingerprint density at radius 2 is 2.14 bits per heavy atom. The van der Waals surface area contributed by atoms with Crippen LogP contribution in [0.1, 0.15) is 23.7 Å². The molecule has 0 bridgehead atoms. The van der Waals surface area contributed by atoms with Crippen molar-refractivity contribution in [3.63, 3.8) is 0 Å². The van der Waals surface area contributed by atoms with Gasteiger partial charge in [0, 0.05) is 41.9 Å². The molecule has 21 heavy (non-hydrogen) atoms. The van der Waals surface area contributed by atoms with E-state index in [1.54, 1.807) is 12.1 Å². The molecule has 0 spiro atoms. The van der Waals surface area contributed by atoms with Crippen LogP contribution in [0.5, 0.6) is 0 Å². The molecule has 0 atom stereocenters. The molecule has 0 saturated carbocycles. The van der Waals surface area contributed by atoms with E-state index in [4.69, 9.17) is 0 Å². The minimum Gasteiger partial charge on any atom is -0.340 e. The van der Waals surface area contributed by atoms with Crippen molar-refractivity contribution in [2.75, 3.05) is 18.0 Å². The third-order valence-corrected chi connectivity index (χ3v) is 3.90. The fraction of sp³-hybridized carbons (Fsp3) is 0.353. The van der Waals surface area contributed by atoms with Crippen molar-refractivity contribution in [2.24, 2.45) is 0 Å². The summed E-state index contributed by atoms with van der Waals surface area (Å²) in [5, 5.41) is 3.34. The molecular formula is C17H20FN3. The van der Waals surface area contributed by atoms with E-state index >= 15 is 0 Å². The van der Waals surface area contributed by atoms with Crippen LogP contribution in [0, 0.1) is 12.7 Å². The number of aryl methyl sites for hydroxylation is 1. The van der Waals surface area contributed by atoms with Crippen LogP contribution >= 0.6 is 0 Å². The van der Waals surface area contributed by atoms with Gasteiger partial charge < -0.3 is 10.2 Å². The van der Waals surface area contributed by atoms with Crippen LogP contribution in [0.2, 0.25) is 0 Å². The molecule has 3 rings (SSSR count). The SMILES string of the molecule is CCNCc1cnc(C)cc1N1CCc2ccc(F)cc21. The average molecular weight is 285 g/mol. The minimum absolute atomic E-state index is 0.181. The molecule has 0 saturated heterocycles. The third-order valence-electron chi connectivity index (χ3n) is 3.90. The molecule has 110 valence electrons. The molecule has 1 aromatic heterocycles. The van der Waals surface area contributed by atoms with Crippen LogP contribution in [-0.2, 0) is 13.0 Å². The Morgan fingerprint density at radius 3 is 2.95 bits per heavy atom. The van der Waals surface area contributed by atoms with Crippen LogP contribution in [0.25, 0.3) is 0 Å². The number of rotatable bonds is 4. The molecule has 0 amide bonds. The summed E-state index contributed by atoms with van der Waals surface area (Å²) in [6.07, 6.45) is 2.88. The maximum Gasteiger partial charge on any atom is 0.125 e. The summed E-state index contributed by atoms with van der Waals surface area (Å²) in [5.74, 6) is -0.181. The van der Waals surface area contributed by atoms with E-state index in [1.165, 1.54) is 5.56 Å². The summed E-state index contributed by atoms with van der Waals surface area (Å²) in [4.78, 5) is 6.60. The topological polar surface area (TPSA) is 28.2 Å². The van der Waals surface area contributed by atoms with Crippen molar-refractivity contribution >= 4 is 11.4 Å². The van der Waals surface area contributed by atoms with Crippen LogP contribution in [-0.4, -0.2) is 18.1 Å². The summed E-state index contributed by atoms with van der Waals surface area (Å²) in [5.41, 5.74) is 5.46. The number of hydrogen-bond donors (Lipinski definition) is 1. The van der Waals surface area contributed by atoms with E-state index in [0.717, 1.165) is 48.7 Å². The molecule has 1 aliphatic heterocycles. The first-order valence-electron chi connectivity index (χ1n) is 7.41. The molecule has 0 radical (unpaired) electrons. The van der Waals surface area contributed by atoms with Gasteiger partial charge in [0.05, 0.1) is 0 Å². The fourth-order valence-corrected chi connectivity index (χ4v) is 2.82. The third kappa shape index (κ3) is 2.76. The maximum absolute atomic E-state index is 13.6. The molecule has 0 unspecified atom stereocenters. The molecule has 4 heteroatoms. The normalized spacial score (nSPS) is 13.6. The van der Waals surface area contributed by atoms with Gasteiger partial charge in [0.15, 0.2) is 0 Å². The zero-order valence-electron chi connectivity index (χ0n) is 12.5. The molecule has 3 nitrogen and oxygen atoms in total. The first-order valence-corrected chi connectivity index (χ1v) is 7.41. The summed E-state index contributed by atoms with van der Waals surface area (Å²) in [7, 11) is 0. The highest BCUT2D eigenvalue weighted by Crippen LogP contribution is 2.36. The van der Waals surface area contributed by atoms with Gasteiger partial charge in [-0.3, -0.25) is 4.98 Å². The first kappa shape index (κ1) is 14.0. The molecule has 2 aromatic rings. The summed E-state index contributed by atoms with van der Waals surface area (Å²) in [6.45, 7) is 6.66. The van der Waals surface area contributed by atoms with Gasteiger partial charge in [-0.05, 0) is 43.7 Å². The number of benzene rings is 1. The van der Waals surface area contributed by atoms with Crippen molar-refractivity contribution in [3.05, 3.63) is 53.1 Å². The Balaban J connectivity index is 2.02. The lowest BCUT2D eigenvalue weighted by Gasteiger charge is -2.23. The van der Waals surface area contributed by atoms with Gasteiger partial charge in [-0.15, -0.1) is 0 Å². The Morgan fingerprint density at radius 1 is 1.29 bits per heavy atom. The predicted molar refractivity (Wildman–Crippen MR) is 83.5 cm³/mol. The highest BCUT2D eigenvalue weighted by atomic mass is 19.1. The van der Waals surface area contributed by atoms with E-state index in [9.17, 15) is 4.39 Å². The number of anilines is 2. The van der Waals surface area contributed by atoms with Crippen LogP contribution in [0.3, 0.4) is 0 Å². The average Bonchev–Trinajstić information content (AvgIpc) is 2.88. The van der Waals surface area contributed by atoms with E-state index < -0.39 is 0 Å². The Hall–Kier alpha value is -1.94. The number of aromatic nitrogens is 1. The number of nitrogens with zero attached hydrogens (tertiary/aromatic N) is 2. The molecule has 0 fully saturated rings. The van der Waals surface area contributed by atoms with Crippen molar-refractivity contribution < 1.29 is 4.39 Å². The maximum atomic E-state index is 13.6. The van der Waals surface area contributed by atoms with Crippen molar-refractivity contribution in [2.45, 2.75) is 26.8 Å². The van der Waals surface area contributed by atoms with Gasteiger partial charge >= 0.3 is 0 Å². The molecule has 1 aliphatic rings. The Bertz CT molecular complexity index is 654. The Kier molecular flexibility index (Phi) is 3.88. The molecule has 0 aliphatic carbocycles. The smallest absolute Gasteiger partial charge is 0.125 e. The number of nitrogens with one attached hydrogen (secondary N) is 1. The van der Waals surface area contributed by atoms with Crippen molar-refractivity contribution in [1.29, 1.82) is 0 Å². The highest BCUT2D eigenvalue weighted by molar-refractivity contribution is 5.72. The zero-order valence-corrected chi connectivity index (χ0v) is 12.5. The van der Waals surface area contributed by atoms with Gasteiger partial charge in [-0.1, -0.05) is 13.0 Å². The molecule has 1 N–H and O–H groups in total. The standard InChI is InChI=1S/C17H20FN3/c1-3-19-10-14-11-20-12(2)8-16(14)21-7-6-13-4-5-15(18)9-17(13)21/h4-5,8-9,11,19H,3,6-7,10H2,1-2H3. The summed E-state index contributed by atoms with van der Waals surface area (Å²) >= 11 is 0.